The van der Waals surface area contributed by atoms with Crippen molar-refractivity contribution in [3.05, 3.63) is 282 Å². The van der Waals surface area contributed by atoms with Crippen molar-refractivity contribution >= 4 is 94.8 Å². The first-order valence-electron chi connectivity index (χ1n) is 25.8. The quantitative estimate of drug-likeness (QED) is 0.0218. The molecule has 0 aliphatic carbocycles. The summed E-state index contributed by atoms with van der Waals surface area (Å²) in [6.07, 6.45) is 13.9. The van der Waals surface area contributed by atoms with E-state index in [-0.39, 0.29) is 11.9 Å². The maximum absolute atomic E-state index is 11.1. The molecule has 0 atom stereocenters. The molecule has 16 nitrogen and oxygen atoms in total. The fourth-order valence-electron chi connectivity index (χ4n) is 6.53. The number of aryl methyl sites for hydroxylation is 3. The Hall–Kier alpha value is -10.6. The van der Waals surface area contributed by atoms with Gasteiger partial charge in [0, 0.05) is 31.4 Å². The molecular weight excluding hydrogens is 1200 g/mol. The Bertz CT molecular complexity index is 3590. The highest BCUT2D eigenvalue weighted by Crippen LogP contribution is 2.15. The molecule has 0 fully saturated rings. The minimum Gasteiger partial charge on any atom is -0.478 e. The number of methoxy groups -OCH3 is 1. The molecule has 7 aromatic rings. The van der Waals surface area contributed by atoms with E-state index in [1.54, 1.807) is 122 Å². The zero-order chi connectivity index (χ0) is 65.3. The van der Waals surface area contributed by atoms with Gasteiger partial charge >= 0.3 is 23.9 Å². The van der Waals surface area contributed by atoms with Crippen LogP contribution in [0.5, 0.6) is 0 Å². The summed E-state index contributed by atoms with van der Waals surface area (Å²) < 4.78 is 5.59. The highest BCUT2D eigenvalue weighted by Gasteiger charge is 2.07. The summed E-state index contributed by atoms with van der Waals surface area (Å²) in [6.45, 7) is 19.3. The molecule has 446 valence electrons. The van der Waals surface area contributed by atoms with E-state index in [2.05, 4.69) is 40.5 Å². The lowest BCUT2D eigenvalue weighted by atomic mass is 10.0. The first-order valence-corrected chi connectivity index (χ1v) is 26.9. The van der Waals surface area contributed by atoms with Crippen molar-refractivity contribution in [1.82, 2.24) is 0 Å². The number of primary amides is 3. The number of carbonyl (C=O) groups is 8. The Morgan fingerprint density at radius 3 is 1.29 bits per heavy atom. The number of nitrogens with two attached hydrogens (primary N) is 3. The molecule has 0 aliphatic rings. The second-order valence-corrected chi connectivity index (χ2v) is 18.6. The Kier molecular flexibility index (Phi) is 37.1. The summed E-state index contributed by atoms with van der Waals surface area (Å²) >= 11 is 2.12. The Morgan fingerprint density at radius 1 is 0.500 bits per heavy atom. The Balaban J connectivity index is 0.000000977. The maximum Gasteiger partial charge on any atom is 0.337 e. The summed E-state index contributed by atoms with van der Waals surface area (Å²) in [5.41, 5.74) is 26.3. The lowest BCUT2D eigenvalue weighted by Gasteiger charge is -2.01. The van der Waals surface area contributed by atoms with E-state index in [9.17, 15) is 38.4 Å². The topological polar surface area (TPSA) is 308 Å². The maximum atomic E-state index is 11.1. The molecule has 0 bridgehead atoms. The molecule has 0 radical (unpaired) electrons. The fourth-order valence-corrected chi connectivity index (χ4v) is 7.05. The number of esters is 1. The monoisotopic (exact) mass is 1270 g/mol. The van der Waals surface area contributed by atoms with Crippen molar-refractivity contribution < 1.29 is 58.4 Å². The highest BCUT2D eigenvalue weighted by atomic mass is 127. The van der Waals surface area contributed by atoms with Crippen LogP contribution < -0.4 is 17.2 Å². The second-order valence-electron chi connectivity index (χ2n) is 17.5. The van der Waals surface area contributed by atoms with Gasteiger partial charge in [-0.2, -0.15) is 5.26 Å². The van der Waals surface area contributed by atoms with Crippen LogP contribution in [-0.4, -0.2) is 70.3 Å². The average molecular weight is 1280 g/mol. The fraction of sp³-hybridized carbons (Fsp3) is 0.116. The van der Waals surface area contributed by atoms with E-state index in [1.807, 2.05) is 127 Å². The number of hydrogen-bond donors (Lipinski definition) is 6. The number of nitrogens with zero attached hydrogens (tertiary/aromatic N) is 1. The van der Waals surface area contributed by atoms with E-state index in [0.29, 0.717) is 56.4 Å². The third kappa shape index (κ3) is 30.5. The molecular formula is C69H71IN4O12. The molecule has 0 spiro atoms. The van der Waals surface area contributed by atoms with Crippen LogP contribution >= 0.6 is 22.6 Å². The van der Waals surface area contributed by atoms with Crippen LogP contribution in [0.15, 0.2) is 195 Å². The minimum absolute atomic E-state index is 0.300. The SMILES string of the molecule is C/C(C#N)=C/c1cccc(C(N)=O)c1.C/C=C/c1cc(C(N)=O)ccc1C.C/C=C/c1cccc(C(=O)O)c1.C/C=C/c1cccc(C(=O)OC)c1.C=C.Cc1ccc(C(=O)O)cc1I.Cc1cccc(C(=O)O)c1.NC(=O)c1cccc(C=O)c1. The van der Waals surface area contributed by atoms with Crippen molar-refractivity contribution in [3.8, 4) is 6.07 Å². The van der Waals surface area contributed by atoms with Crippen molar-refractivity contribution in [2.75, 3.05) is 7.11 Å². The minimum atomic E-state index is -0.888. The predicted molar refractivity (Wildman–Crippen MR) is 350 cm³/mol. The number of benzene rings is 7. The molecule has 7 aromatic carbocycles. The first kappa shape index (κ1) is 75.4. The zero-order valence-electron chi connectivity index (χ0n) is 49.1. The number of allylic oxidation sites excluding steroid dienone is 4. The van der Waals surface area contributed by atoms with E-state index in [0.717, 1.165) is 42.5 Å². The predicted octanol–water partition coefficient (Wildman–Crippen LogP) is 14.2. The second kappa shape index (κ2) is 42.3. The third-order valence-corrected chi connectivity index (χ3v) is 12.0. The summed E-state index contributed by atoms with van der Waals surface area (Å²) in [5.74, 6) is -4.30. The van der Waals surface area contributed by atoms with Crippen LogP contribution in [0.25, 0.3) is 24.3 Å². The largest absolute Gasteiger partial charge is 0.478 e. The number of halogens is 1. The van der Waals surface area contributed by atoms with Gasteiger partial charge in [-0.05, 0) is 195 Å². The van der Waals surface area contributed by atoms with Gasteiger partial charge in [-0.1, -0.05) is 115 Å². The summed E-state index contributed by atoms with van der Waals surface area (Å²) in [7, 11) is 1.38. The number of amides is 3. The number of carboxylic acids is 3. The van der Waals surface area contributed by atoms with Gasteiger partial charge in [0.15, 0.2) is 0 Å². The van der Waals surface area contributed by atoms with Crippen LogP contribution in [0.2, 0.25) is 0 Å². The van der Waals surface area contributed by atoms with Gasteiger partial charge in [-0.25, -0.2) is 19.2 Å². The van der Waals surface area contributed by atoms with Gasteiger partial charge in [0.05, 0.1) is 35.4 Å². The summed E-state index contributed by atoms with van der Waals surface area (Å²) in [5, 5.41) is 34.3. The lowest BCUT2D eigenvalue weighted by molar-refractivity contribution is 0.0598. The molecule has 0 aliphatic heterocycles. The lowest BCUT2D eigenvalue weighted by Crippen LogP contribution is -2.10. The standard InChI is InChI=1S/C11H10N2O.C11H13NO.C11H12O2.C10H10O2.C8H7IO2.C8H7NO2.C8H8O2.C2H4/c1-8(7-12)5-9-3-2-4-10(6-9)11(13)14;1-3-4-9-7-10(11(12)13)6-5-8(9)2;1-3-5-9-6-4-7-10(8-9)11(12)13-2;1-2-4-8-5-3-6-9(7-8)10(11)12;1-5-2-3-6(8(10)11)4-7(5)9;9-8(11)7-3-1-2-6(4-7)5-10;1-6-3-2-4-7(5-6)8(9)10;1-2/h2-6H,1H3,(H2,13,14);3-7H,1-2H3,(H2,12,13);3-8H,1-2H3;2-7H,1H3,(H,11,12);2-4H,1H3,(H,10,11);1-5H,(H2,9,11);2-5H,1H3,(H,9,10);1-2H2/b8-5-;4-3+;5-3+;4-2+;;;;. The number of nitriles is 1. The molecule has 86 heavy (non-hydrogen) atoms. The Labute approximate surface area is 516 Å². The number of aromatic carboxylic acids is 3. The number of carboxylic acid groups (broad SMARTS) is 3. The van der Waals surface area contributed by atoms with Crippen LogP contribution in [0.1, 0.15) is 150 Å². The molecule has 7 rings (SSSR count). The van der Waals surface area contributed by atoms with Gasteiger partial charge in [0.1, 0.15) is 6.29 Å². The first-order chi connectivity index (χ1) is 40.8. The van der Waals surface area contributed by atoms with Gasteiger partial charge < -0.3 is 37.3 Å². The highest BCUT2D eigenvalue weighted by molar-refractivity contribution is 14.1. The molecule has 17 heteroatoms. The number of aldehydes is 1. The van der Waals surface area contributed by atoms with Crippen LogP contribution in [-0.2, 0) is 4.74 Å². The van der Waals surface area contributed by atoms with Crippen LogP contribution in [0, 0.1) is 35.7 Å². The third-order valence-electron chi connectivity index (χ3n) is 10.8. The van der Waals surface area contributed by atoms with Crippen LogP contribution in [0.4, 0.5) is 0 Å². The molecule has 0 saturated heterocycles. The number of rotatable bonds is 12. The normalized spacial score (nSPS) is 9.88. The van der Waals surface area contributed by atoms with Crippen molar-refractivity contribution in [1.29, 1.82) is 5.26 Å². The number of hydrogen-bond acceptors (Lipinski definition) is 10. The van der Waals surface area contributed by atoms with E-state index in [4.69, 9.17) is 37.8 Å². The molecule has 0 unspecified atom stereocenters. The molecule has 9 N–H and O–H groups in total. The average Bonchev–Trinajstić information content (AvgIpc) is 3.56. The van der Waals surface area contributed by atoms with Gasteiger partial charge in [-0.3, -0.25) is 19.2 Å². The van der Waals surface area contributed by atoms with Gasteiger partial charge in [0.2, 0.25) is 17.7 Å². The van der Waals surface area contributed by atoms with E-state index >= 15 is 0 Å². The van der Waals surface area contributed by atoms with Gasteiger partial charge in [0.25, 0.3) is 0 Å². The smallest absolute Gasteiger partial charge is 0.337 e. The van der Waals surface area contributed by atoms with Crippen molar-refractivity contribution in [3.63, 3.8) is 0 Å². The summed E-state index contributed by atoms with van der Waals surface area (Å²) in [4.78, 5) is 85.0. The molecule has 3 amide bonds. The van der Waals surface area contributed by atoms with Gasteiger partial charge in [-0.15, -0.1) is 13.2 Å². The number of ether oxygens (including phenoxy) is 1. The van der Waals surface area contributed by atoms with Crippen molar-refractivity contribution in [2.24, 2.45) is 17.2 Å². The van der Waals surface area contributed by atoms with Crippen molar-refractivity contribution in [2.45, 2.75) is 48.5 Å². The molecule has 0 heterocycles. The van der Waals surface area contributed by atoms with E-state index in [1.165, 1.54) is 13.2 Å². The Morgan fingerprint density at radius 2 is 0.872 bits per heavy atom. The van der Waals surface area contributed by atoms with E-state index < -0.39 is 29.7 Å². The number of carbonyl (C=O) groups excluding carboxylic acids is 5. The molecule has 0 saturated carbocycles. The van der Waals surface area contributed by atoms with Crippen LogP contribution in [0.3, 0.4) is 0 Å². The zero-order valence-corrected chi connectivity index (χ0v) is 51.3. The summed E-state index contributed by atoms with van der Waals surface area (Å²) in [6, 6.07) is 46.6. The molecule has 0 aromatic heterocycles.